The monoisotopic (exact) mass is 1280 g/mol. The van der Waals surface area contributed by atoms with E-state index in [0.717, 1.165) is 67.6 Å². The van der Waals surface area contributed by atoms with Gasteiger partial charge in [0.15, 0.2) is 31.6 Å². The van der Waals surface area contributed by atoms with Crippen molar-refractivity contribution in [3.8, 4) is 0 Å². The Balaban J connectivity index is 0.000000205. The fraction of sp³-hybridized carbons (Fsp3) is 0.419. The largest absolute Gasteiger partial charge is 0.461 e. The number of carbonyl (C=O) groups is 4. The summed E-state index contributed by atoms with van der Waals surface area (Å²) in [7, 11) is -2.53. The van der Waals surface area contributed by atoms with Crippen LogP contribution in [0.15, 0.2) is 89.9 Å². The molecular formula is C62H76N8O10S4Si2. The third-order valence-corrected chi connectivity index (χ3v) is 22.4. The minimum atomic E-state index is -1.30. The summed E-state index contributed by atoms with van der Waals surface area (Å²) in [6.45, 7) is 21.8. The Kier molecular flexibility index (Phi) is 21.7. The fourth-order valence-electron chi connectivity index (χ4n) is 9.87. The topological polar surface area (TPSA) is 211 Å². The zero-order valence-corrected chi connectivity index (χ0v) is 55.4. The second-order valence-electron chi connectivity index (χ2n) is 23.2. The summed E-state index contributed by atoms with van der Waals surface area (Å²) >= 11 is 5.74. The third kappa shape index (κ3) is 15.9. The lowest BCUT2D eigenvalue weighted by atomic mass is 9.94. The Morgan fingerprint density at radius 2 is 1.16 bits per heavy atom. The highest BCUT2D eigenvalue weighted by Gasteiger charge is 2.31. The van der Waals surface area contributed by atoms with Gasteiger partial charge in [0.25, 0.3) is 11.8 Å². The van der Waals surface area contributed by atoms with Crippen molar-refractivity contribution in [2.45, 2.75) is 111 Å². The SMILES string of the molecule is CCOC(=O)c1nc(N2CCc3cccc(C(=O)N(COCC[Si](C)(C)C)c4nc5ccccc5s4)c3C2)sc1CCO.CCOC(=O)c1nc(N2CCc3cccc(C(=O)N=c4sc5ccccc5n4COCC[Si](C)(C)C)c3C2)sc1CCO. The molecule has 86 heavy (non-hydrogen) atoms. The molecule has 456 valence electrons. The molecule has 2 N–H and O–H groups in total. The lowest BCUT2D eigenvalue weighted by Gasteiger charge is -2.31. The van der Waals surface area contributed by atoms with E-state index in [2.05, 4.69) is 76.2 Å². The van der Waals surface area contributed by atoms with Crippen LogP contribution < -0.4 is 19.5 Å². The van der Waals surface area contributed by atoms with Crippen molar-refractivity contribution in [1.82, 2.24) is 19.5 Å². The van der Waals surface area contributed by atoms with Crippen LogP contribution in [0, 0.1) is 0 Å². The molecule has 0 fully saturated rings. The maximum absolute atomic E-state index is 14.3. The molecule has 2 aliphatic rings. The van der Waals surface area contributed by atoms with Crippen LogP contribution in [-0.4, -0.2) is 129 Å². The van der Waals surface area contributed by atoms with Crippen LogP contribution in [0.5, 0.6) is 0 Å². The molecule has 6 heterocycles. The maximum Gasteiger partial charge on any atom is 0.358 e. The van der Waals surface area contributed by atoms with Gasteiger partial charge in [-0.15, -0.1) is 22.7 Å². The molecular weight excluding hydrogens is 1200 g/mol. The molecule has 0 atom stereocenters. The van der Waals surface area contributed by atoms with Crippen molar-refractivity contribution in [3.63, 3.8) is 0 Å². The van der Waals surface area contributed by atoms with Gasteiger partial charge in [-0.2, -0.15) is 4.99 Å². The molecule has 24 heteroatoms. The van der Waals surface area contributed by atoms with Crippen molar-refractivity contribution in [2.24, 2.45) is 4.99 Å². The van der Waals surface area contributed by atoms with Gasteiger partial charge in [-0.05, 0) is 97.4 Å². The molecule has 0 saturated carbocycles. The summed E-state index contributed by atoms with van der Waals surface area (Å²) < 4.78 is 26.6. The van der Waals surface area contributed by atoms with Crippen molar-refractivity contribution < 1.29 is 48.3 Å². The Labute approximate surface area is 519 Å². The van der Waals surface area contributed by atoms with E-state index in [0.29, 0.717) is 100 Å². The second kappa shape index (κ2) is 29.1. The average molecular weight is 1280 g/mol. The molecule has 0 unspecified atom stereocenters. The highest BCUT2D eigenvalue weighted by atomic mass is 32.1. The van der Waals surface area contributed by atoms with E-state index in [-0.39, 0.29) is 56.4 Å². The minimum absolute atomic E-state index is 0.0852. The van der Waals surface area contributed by atoms with Crippen molar-refractivity contribution in [3.05, 3.63) is 144 Å². The van der Waals surface area contributed by atoms with Gasteiger partial charge in [-0.1, -0.05) is 110 Å². The van der Waals surface area contributed by atoms with E-state index < -0.39 is 28.1 Å². The molecule has 4 aromatic carbocycles. The number of aliphatic hydroxyl groups excluding tert-OH is 2. The first kappa shape index (κ1) is 64.2. The van der Waals surface area contributed by atoms with Crippen LogP contribution in [0.3, 0.4) is 0 Å². The molecule has 18 nitrogen and oxygen atoms in total. The Hall–Kier alpha value is -6.33. The van der Waals surface area contributed by atoms with E-state index >= 15 is 0 Å². The van der Waals surface area contributed by atoms with E-state index in [1.165, 1.54) is 45.3 Å². The molecule has 0 aliphatic carbocycles. The Morgan fingerprint density at radius 3 is 1.72 bits per heavy atom. The predicted molar refractivity (Wildman–Crippen MR) is 349 cm³/mol. The average Bonchev–Trinajstić information content (AvgIpc) is 1.77. The number of amides is 2. The number of anilines is 3. The van der Waals surface area contributed by atoms with Gasteiger partial charge in [0.1, 0.15) is 13.5 Å². The number of aromatic nitrogens is 4. The molecule has 4 aromatic heterocycles. The van der Waals surface area contributed by atoms with E-state index in [1.807, 2.05) is 77.4 Å². The standard InChI is InChI=1S/2C31H38N4O5S2Si/c1-5-40-29(38)27-26(14-16-36)42-30(32-27)34-15-13-21-9-8-10-22(23(21)19-34)28(37)33-31-35(20-39-17-18-43(2,3)4)24-11-6-7-12-25(24)41-31;1-5-40-29(38)27-26(14-16-36)42-30(33-27)34-15-13-21-9-8-10-22(23(21)19-34)28(37)35(20-39-17-18-43(2,3)4)31-32-24-11-6-7-12-25(24)41-31/h2*6-12,36H,5,13-20H2,1-4H3. The van der Waals surface area contributed by atoms with Gasteiger partial charge in [0.05, 0.1) is 33.6 Å². The number of ether oxygens (including phenoxy) is 4. The summed E-state index contributed by atoms with van der Waals surface area (Å²) in [6.07, 6.45) is 2.12. The third-order valence-electron chi connectivity index (χ3n) is 14.5. The molecule has 2 amide bonds. The number of thiazole rings is 4. The summed E-state index contributed by atoms with van der Waals surface area (Å²) in [5.74, 6) is -1.42. The van der Waals surface area contributed by atoms with Gasteiger partial charge >= 0.3 is 11.9 Å². The maximum atomic E-state index is 14.3. The van der Waals surface area contributed by atoms with Crippen molar-refractivity contribution in [1.29, 1.82) is 0 Å². The minimum Gasteiger partial charge on any atom is -0.461 e. The summed E-state index contributed by atoms with van der Waals surface area (Å²) in [5.41, 5.74) is 7.58. The first-order valence-corrected chi connectivity index (χ1v) is 39.8. The lowest BCUT2D eigenvalue weighted by Crippen LogP contribution is -2.37. The van der Waals surface area contributed by atoms with Crippen LogP contribution in [-0.2, 0) is 64.5 Å². The quantitative estimate of drug-likeness (QED) is 0.0264. The molecule has 2 aliphatic heterocycles. The number of para-hydroxylation sites is 2. The zero-order valence-electron chi connectivity index (χ0n) is 50.2. The van der Waals surface area contributed by atoms with Crippen LogP contribution >= 0.6 is 45.3 Å². The number of hydrogen-bond donors (Lipinski definition) is 2. The van der Waals surface area contributed by atoms with E-state index in [4.69, 9.17) is 23.9 Å². The van der Waals surface area contributed by atoms with Crippen LogP contribution in [0.4, 0.5) is 15.4 Å². The molecule has 0 spiro atoms. The molecule has 8 aromatic rings. The normalized spacial score (nSPS) is 13.6. The van der Waals surface area contributed by atoms with E-state index in [1.54, 1.807) is 18.7 Å². The first-order valence-electron chi connectivity index (χ1n) is 29.1. The van der Waals surface area contributed by atoms with Crippen LogP contribution in [0.25, 0.3) is 20.4 Å². The number of carbonyl (C=O) groups excluding carboxylic acids is 4. The number of fused-ring (bicyclic) bond motifs is 4. The molecule has 0 saturated heterocycles. The summed E-state index contributed by atoms with van der Waals surface area (Å²) in [5, 5.41) is 21.1. The first-order chi connectivity index (χ1) is 41.4. The van der Waals surface area contributed by atoms with Crippen molar-refractivity contribution in [2.75, 3.05) is 74.2 Å². The van der Waals surface area contributed by atoms with Gasteiger partial charge in [0, 0.05) is 102 Å². The zero-order chi connectivity index (χ0) is 61.1. The second-order valence-corrected chi connectivity index (χ2v) is 38.6. The molecule has 0 bridgehead atoms. The fourth-order valence-corrected chi connectivity index (χ4v) is 15.5. The number of aliphatic hydroxyl groups is 2. The number of hydrogen-bond acceptors (Lipinski definition) is 19. The highest BCUT2D eigenvalue weighted by molar-refractivity contribution is 7.22. The Morgan fingerprint density at radius 1 is 0.628 bits per heavy atom. The number of benzene rings is 4. The highest BCUT2D eigenvalue weighted by Crippen LogP contribution is 2.36. The molecule has 10 rings (SSSR count). The lowest BCUT2D eigenvalue weighted by molar-refractivity contribution is 0.0509. The van der Waals surface area contributed by atoms with Gasteiger partial charge in [-0.3, -0.25) is 19.1 Å². The summed E-state index contributed by atoms with van der Waals surface area (Å²) in [4.78, 5) is 79.7. The smallest absolute Gasteiger partial charge is 0.358 e. The van der Waals surface area contributed by atoms with E-state index in [9.17, 15) is 29.4 Å². The number of rotatable bonds is 23. The number of nitrogens with zero attached hydrogens (tertiary/aromatic N) is 8. The number of esters is 2. The van der Waals surface area contributed by atoms with Crippen LogP contribution in [0.1, 0.15) is 87.5 Å². The van der Waals surface area contributed by atoms with Gasteiger partial charge in [0.2, 0.25) is 0 Å². The molecule has 0 radical (unpaired) electrons. The summed E-state index contributed by atoms with van der Waals surface area (Å²) in [6, 6.07) is 29.7. The van der Waals surface area contributed by atoms with Gasteiger partial charge in [-0.25, -0.2) is 24.5 Å². The van der Waals surface area contributed by atoms with Gasteiger partial charge < -0.3 is 39.0 Å². The van der Waals surface area contributed by atoms with Crippen molar-refractivity contribution >= 4 is 121 Å². The van der Waals surface area contributed by atoms with Crippen LogP contribution in [0.2, 0.25) is 51.4 Å². The predicted octanol–water partition coefficient (Wildman–Crippen LogP) is 11.5. The Bertz CT molecular complexity index is 3740.